The van der Waals surface area contributed by atoms with E-state index in [1.807, 2.05) is 6.08 Å². The van der Waals surface area contributed by atoms with E-state index in [-0.39, 0.29) is 0 Å². The Bertz CT molecular complexity index is 350. The molecule has 0 radical (unpaired) electrons. The van der Waals surface area contributed by atoms with Gasteiger partial charge in [0.2, 0.25) is 5.95 Å². The van der Waals surface area contributed by atoms with E-state index in [2.05, 4.69) is 39.5 Å². The summed E-state index contributed by atoms with van der Waals surface area (Å²) in [5.41, 5.74) is 1.16. The summed E-state index contributed by atoms with van der Waals surface area (Å²) in [6, 6.07) is 0. The number of hydrogen-bond donors (Lipinski definition) is 1. The van der Waals surface area contributed by atoms with Gasteiger partial charge in [0.15, 0.2) is 0 Å². The van der Waals surface area contributed by atoms with Crippen LogP contribution in [0.3, 0.4) is 0 Å². The fourth-order valence-electron chi connectivity index (χ4n) is 2.02. The third-order valence-electron chi connectivity index (χ3n) is 2.89. The Morgan fingerprint density at radius 3 is 2.88 bits per heavy atom. The highest BCUT2D eigenvalue weighted by molar-refractivity contribution is 5.34. The molecule has 4 nitrogen and oxygen atoms in total. The Balaban J connectivity index is 2.21. The fraction of sp³-hybridized carbons (Fsp3) is 0.583. The fourth-order valence-corrected chi connectivity index (χ4v) is 2.02. The topological polar surface area (TPSA) is 33.1 Å². The molecule has 88 valence electrons. The Morgan fingerprint density at radius 1 is 1.50 bits per heavy atom. The smallest absolute Gasteiger partial charge is 0.206 e. The van der Waals surface area contributed by atoms with Gasteiger partial charge in [-0.05, 0) is 6.42 Å². The van der Waals surface area contributed by atoms with Crippen molar-refractivity contribution in [2.75, 3.05) is 31.1 Å². The van der Waals surface area contributed by atoms with Crippen molar-refractivity contribution in [1.82, 2.24) is 14.9 Å². The minimum Gasteiger partial charge on any atom is -0.340 e. The predicted molar refractivity (Wildman–Crippen MR) is 66.9 cm³/mol. The number of anilines is 1. The normalized spacial score (nSPS) is 16.4. The van der Waals surface area contributed by atoms with E-state index in [4.69, 9.17) is 0 Å². The van der Waals surface area contributed by atoms with Gasteiger partial charge >= 0.3 is 0 Å². The standard InChI is InChI=1S/C12H20N4/c1-3-7-16-10-11(4-2)14-12(16)15-8-5-13-6-9-15/h3,10,13H,1,4-9H2,2H3. The second-order valence-corrected chi connectivity index (χ2v) is 4.06. The van der Waals surface area contributed by atoms with Crippen molar-refractivity contribution in [2.24, 2.45) is 0 Å². The molecule has 0 aromatic carbocycles. The number of nitrogens with one attached hydrogen (secondary N) is 1. The molecule has 0 unspecified atom stereocenters. The molecule has 16 heavy (non-hydrogen) atoms. The van der Waals surface area contributed by atoms with Gasteiger partial charge < -0.3 is 14.8 Å². The van der Waals surface area contributed by atoms with Crippen LogP contribution >= 0.6 is 0 Å². The molecule has 0 amide bonds. The number of imidazole rings is 1. The molecule has 1 aromatic heterocycles. The van der Waals surface area contributed by atoms with Crippen LogP contribution in [0.15, 0.2) is 18.9 Å². The third kappa shape index (κ3) is 2.27. The number of hydrogen-bond acceptors (Lipinski definition) is 3. The molecule has 0 spiro atoms. The first kappa shape index (κ1) is 11.2. The third-order valence-corrected chi connectivity index (χ3v) is 2.89. The van der Waals surface area contributed by atoms with E-state index >= 15 is 0 Å². The zero-order valence-electron chi connectivity index (χ0n) is 9.95. The summed E-state index contributed by atoms with van der Waals surface area (Å²) in [6.07, 6.45) is 5.05. The molecule has 1 aromatic rings. The van der Waals surface area contributed by atoms with Gasteiger partial charge in [-0.1, -0.05) is 13.0 Å². The van der Waals surface area contributed by atoms with E-state index in [1.54, 1.807) is 0 Å². The number of allylic oxidation sites excluding steroid dienone is 1. The van der Waals surface area contributed by atoms with Crippen molar-refractivity contribution >= 4 is 5.95 Å². The van der Waals surface area contributed by atoms with Crippen LogP contribution in [-0.2, 0) is 13.0 Å². The van der Waals surface area contributed by atoms with Crippen molar-refractivity contribution in [3.8, 4) is 0 Å². The molecule has 1 N–H and O–H groups in total. The van der Waals surface area contributed by atoms with Crippen LogP contribution in [0.5, 0.6) is 0 Å². The van der Waals surface area contributed by atoms with Crippen LogP contribution in [0.2, 0.25) is 0 Å². The van der Waals surface area contributed by atoms with Crippen LogP contribution in [0.1, 0.15) is 12.6 Å². The highest BCUT2D eigenvalue weighted by Gasteiger charge is 2.16. The molecule has 1 fully saturated rings. The van der Waals surface area contributed by atoms with Gasteiger partial charge in [0.1, 0.15) is 0 Å². The van der Waals surface area contributed by atoms with E-state index in [9.17, 15) is 0 Å². The van der Waals surface area contributed by atoms with Gasteiger partial charge in [-0.15, -0.1) is 6.58 Å². The minimum atomic E-state index is 0.840. The maximum absolute atomic E-state index is 4.68. The summed E-state index contributed by atoms with van der Waals surface area (Å²) in [6.45, 7) is 10.9. The second kappa shape index (κ2) is 5.16. The minimum absolute atomic E-state index is 0.840. The second-order valence-electron chi connectivity index (χ2n) is 4.06. The summed E-state index contributed by atoms with van der Waals surface area (Å²) in [7, 11) is 0. The molecule has 0 saturated carbocycles. The Kier molecular flexibility index (Phi) is 3.62. The number of aromatic nitrogens is 2. The van der Waals surface area contributed by atoms with Gasteiger partial charge in [-0.2, -0.15) is 0 Å². The van der Waals surface area contributed by atoms with Crippen molar-refractivity contribution in [3.63, 3.8) is 0 Å². The average Bonchev–Trinajstić information content (AvgIpc) is 2.74. The van der Waals surface area contributed by atoms with Crippen molar-refractivity contribution in [3.05, 3.63) is 24.5 Å². The average molecular weight is 220 g/mol. The highest BCUT2D eigenvalue weighted by Crippen LogP contribution is 2.15. The summed E-state index contributed by atoms with van der Waals surface area (Å²) in [4.78, 5) is 7.03. The van der Waals surface area contributed by atoms with Gasteiger partial charge in [-0.25, -0.2) is 4.98 Å². The molecule has 1 saturated heterocycles. The molecule has 0 bridgehead atoms. The summed E-state index contributed by atoms with van der Waals surface area (Å²) in [5, 5.41) is 3.36. The van der Waals surface area contributed by atoms with Gasteiger partial charge in [-0.3, -0.25) is 0 Å². The zero-order valence-corrected chi connectivity index (χ0v) is 9.95. The van der Waals surface area contributed by atoms with Crippen molar-refractivity contribution in [2.45, 2.75) is 19.9 Å². The van der Waals surface area contributed by atoms with E-state index in [0.717, 1.165) is 50.8 Å². The Labute approximate surface area is 97.0 Å². The lowest BCUT2D eigenvalue weighted by atomic mass is 10.4. The number of rotatable bonds is 4. The van der Waals surface area contributed by atoms with Gasteiger partial charge in [0.05, 0.1) is 5.69 Å². The van der Waals surface area contributed by atoms with Crippen LogP contribution in [0, 0.1) is 0 Å². The molecule has 1 aliphatic heterocycles. The summed E-state index contributed by atoms with van der Waals surface area (Å²) >= 11 is 0. The lowest BCUT2D eigenvalue weighted by molar-refractivity contribution is 0.570. The van der Waals surface area contributed by atoms with Crippen LogP contribution in [0.25, 0.3) is 0 Å². The zero-order chi connectivity index (χ0) is 11.4. The van der Waals surface area contributed by atoms with Gasteiger partial charge in [0, 0.05) is 38.9 Å². The lowest BCUT2D eigenvalue weighted by Gasteiger charge is -2.28. The summed E-state index contributed by atoms with van der Waals surface area (Å²) < 4.78 is 2.19. The molecular weight excluding hydrogens is 200 g/mol. The van der Waals surface area contributed by atoms with Crippen LogP contribution in [0.4, 0.5) is 5.95 Å². The van der Waals surface area contributed by atoms with Gasteiger partial charge in [0.25, 0.3) is 0 Å². The largest absolute Gasteiger partial charge is 0.340 e. The quantitative estimate of drug-likeness (QED) is 0.770. The Morgan fingerprint density at radius 2 is 2.25 bits per heavy atom. The van der Waals surface area contributed by atoms with Crippen LogP contribution in [-0.4, -0.2) is 35.7 Å². The molecular formula is C12H20N4. The molecule has 2 heterocycles. The molecule has 0 atom stereocenters. The first-order chi connectivity index (χ1) is 7.85. The van der Waals surface area contributed by atoms with Crippen molar-refractivity contribution < 1.29 is 0 Å². The highest BCUT2D eigenvalue weighted by atomic mass is 15.3. The number of aryl methyl sites for hydroxylation is 1. The maximum Gasteiger partial charge on any atom is 0.206 e. The Hall–Kier alpha value is -1.29. The lowest BCUT2D eigenvalue weighted by Crippen LogP contribution is -2.44. The molecule has 2 rings (SSSR count). The SMILES string of the molecule is C=CCn1cc(CC)nc1N1CCNCC1. The van der Waals surface area contributed by atoms with Crippen molar-refractivity contribution in [1.29, 1.82) is 0 Å². The summed E-state index contributed by atoms with van der Waals surface area (Å²) in [5.74, 6) is 1.10. The predicted octanol–water partition coefficient (Wildman–Crippen LogP) is 1.04. The molecule has 1 aliphatic rings. The first-order valence-electron chi connectivity index (χ1n) is 5.97. The first-order valence-corrected chi connectivity index (χ1v) is 5.97. The van der Waals surface area contributed by atoms with E-state index in [0.29, 0.717) is 0 Å². The molecule has 4 heteroatoms. The van der Waals surface area contributed by atoms with E-state index in [1.165, 1.54) is 0 Å². The van der Waals surface area contributed by atoms with Crippen LogP contribution < -0.4 is 10.2 Å². The maximum atomic E-state index is 4.68. The number of nitrogens with zero attached hydrogens (tertiary/aromatic N) is 3. The van der Waals surface area contributed by atoms with E-state index < -0.39 is 0 Å². The number of piperazine rings is 1. The monoisotopic (exact) mass is 220 g/mol. The molecule has 0 aliphatic carbocycles.